The van der Waals surface area contributed by atoms with Gasteiger partial charge in [-0.15, -0.1) is 0 Å². The molecule has 8 nitrogen and oxygen atoms in total. The molecule has 29 heavy (non-hydrogen) atoms. The molecule has 1 amide bonds. The highest BCUT2D eigenvalue weighted by molar-refractivity contribution is 5.91. The highest BCUT2D eigenvalue weighted by Crippen LogP contribution is 2.30. The van der Waals surface area contributed by atoms with Crippen molar-refractivity contribution in [3.8, 4) is 11.4 Å². The van der Waals surface area contributed by atoms with Gasteiger partial charge >= 0.3 is 6.18 Å². The van der Waals surface area contributed by atoms with Crippen LogP contribution in [-0.2, 0) is 4.79 Å². The van der Waals surface area contributed by atoms with Crippen LogP contribution in [0, 0.1) is 5.82 Å². The fourth-order valence-corrected chi connectivity index (χ4v) is 3.33. The van der Waals surface area contributed by atoms with Crippen molar-refractivity contribution in [3.63, 3.8) is 0 Å². The Bertz CT molecular complexity index is 1050. The second-order valence-corrected chi connectivity index (χ2v) is 6.54. The number of alkyl halides is 3. The van der Waals surface area contributed by atoms with Crippen molar-refractivity contribution in [2.45, 2.75) is 25.1 Å². The summed E-state index contributed by atoms with van der Waals surface area (Å²) in [4.78, 5) is 32.8. The van der Waals surface area contributed by atoms with Crippen LogP contribution in [0.3, 0.4) is 0 Å². The summed E-state index contributed by atoms with van der Waals surface area (Å²) in [5.74, 6) is -1.53. The SMILES string of the molecule is O=C(NCC(F)(F)F)C1CCCN1c1nc(-c2c[nH]c3ncncc23)ncc1F. The molecule has 0 spiro atoms. The molecule has 152 valence electrons. The third-order valence-corrected chi connectivity index (χ3v) is 4.61. The van der Waals surface area contributed by atoms with Crippen LogP contribution < -0.4 is 10.2 Å². The van der Waals surface area contributed by atoms with Gasteiger partial charge in [-0.05, 0) is 12.8 Å². The molecule has 0 bridgehead atoms. The monoisotopic (exact) mass is 409 g/mol. The lowest BCUT2D eigenvalue weighted by molar-refractivity contribution is -0.139. The molecule has 0 aliphatic carbocycles. The molecule has 3 aromatic rings. The first-order valence-electron chi connectivity index (χ1n) is 8.74. The molecule has 1 saturated heterocycles. The molecule has 0 radical (unpaired) electrons. The quantitative estimate of drug-likeness (QED) is 0.641. The molecule has 4 rings (SSSR count). The summed E-state index contributed by atoms with van der Waals surface area (Å²) in [5, 5.41) is 2.49. The first-order valence-corrected chi connectivity index (χ1v) is 8.74. The third kappa shape index (κ3) is 3.82. The van der Waals surface area contributed by atoms with Gasteiger partial charge in [-0.3, -0.25) is 4.79 Å². The summed E-state index contributed by atoms with van der Waals surface area (Å²) >= 11 is 0. The minimum absolute atomic E-state index is 0.133. The number of hydrogen-bond acceptors (Lipinski definition) is 6. The molecule has 2 N–H and O–H groups in total. The van der Waals surface area contributed by atoms with E-state index in [0.717, 1.165) is 6.20 Å². The minimum Gasteiger partial charge on any atom is -0.345 e. The zero-order valence-electron chi connectivity index (χ0n) is 14.9. The van der Waals surface area contributed by atoms with Gasteiger partial charge in [0.25, 0.3) is 0 Å². The van der Waals surface area contributed by atoms with Gasteiger partial charge in [-0.2, -0.15) is 13.2 Å². The van der Waals surface area contributed by atoms with Gasteiger partial charge < -0.3 is 15.2 Å². The molecule has 0 saturated carbocycles. The van der Waals surface area contributed by atoms with Crippen molar-refractivity contribution in [1.29, 1.82) is 0 Å². The van der Waals surface area contributed by atoms with Crippen LogP contribution in [0.4, 0.5) is 23.4 Å². The Morgan fingerprint density at radius 2 is 2.14 bits per heavy atom. The number of halogens is 4. The molecular weight excluding hydrogens is 394 g/mol. The Kier molecular flexibility index (Phi) is 4.76. The average Bonchev–Trinajstić information content (AvgIpc) is 3.33. The van der Waals surface area contributed by atoms with Gasteiger partial charge in [-0.1, -0.05) is 0 Å². The van der Waals surface area contributed by atoms with Crippen LogP contribution in [0.1, 0.15) is 12.8 Å². The fourth-order valence-electron chi connectivity index (χ4n) is 3.33. The van der Waals surface area contributed by atoms with Gasteiger partial charge in [0, 0.05) is 29.9 Å². The second-order valence-electron chi connectivity index (χ2n) is 6.54. The lowest BCUT2D eigenvalue weighted by atomic mass is 10.2. The zero-order valence-corrected chi connectivity index (χ0v) is 14.9. The molecule has 1 aliphatic rings. The molecule has 4 heterocycles. The van der Waals surface area contributed by atoms with Crippen molar-refractivity contribution in [2.75, 3.05) is 18.0 Å². The zero-order chi connectivity index (χ0) is 20.6. The number of amides is 1. The van der Waals surface area contributed by atoms with Crippen molar-refractivity contribution >= 4 is 22.8 Å². The Morgan fingerprint density at radius 3 is 2.93 bits per heavy atom. The first kappa shape index (κ1) is 19.0. The predicted molar refractivity (Wildman–Crippen MR) is 94.3 cm³/mol. The lowest BCUT2D eigenvalue weighted by Gasteiger charge is -2.25. The smallest absolute Gasteiger partial charge is 0.345 e. The molecular formula is C17H15F4N7O. The summed E-state index contributed by atoms with van der Waals surface area (Å²) < 4.78 is 51.7. The van der Waals surface area contributed by atoms with E-state index < -0.39 is 30.5 Å². The van der Waals surface area contributed by atoms with Crippen molar-refractivity contribution in [2.24, 2.45) is 0 Å². The van der Waals surface area contributed by atoms with E-state index in [0.29, 0.717) is 29.4 Å². The number of nitrogens with one attached hydrogen (secondary N) is 2. The predicted octanol–water partition coefficient (Wildman–Crippen LogP) is 2.20. The van der Waals surface area contributed by atoms with Crippen LogP contribution in [0.15, 0.2) is 24.9 Å². The number of carbonyl (C=O) groups is 1. The number of nitrogens with zero attached hydrogens (tertiary/aromatic N) is 5. The number of aromatic nitrogens is 5. The summed E-state index contributed by atoms with van der Waals surface area (Å²) in [6, 6.07) is -0.944. The Balaban J connectivity index is 1.64. The Hall–Kier alpha value is -3.31. The molecule has 1 atom stereocenters. The van der Waals surface area contributed by atoms with Gasteiger partial charge in [0.2, 0.25) is 5.91 Å². The topological polar surface area (TPSA) is 99.7 Å². The van der Waals surface area contributed by atoms with Gasteiger partial charge in [0.05, 0.1) is 6.20 Å². The van der Waals surface area contributed by atoms with E-state index in [1.165, 1.54) is 11.2 Å². The van der Waals surface area contributed by atoms with Crippen LogP contribution >= 0.6 is 0 Å². The number of rotatable bonds is 4. The Morgan fingerprint density at radius 1 is 1.31 bits per heavy atom. The largest absolute Gasteiger partial charge is 0.405 e. The summed E-state index contributed by atoms with van der Waals surface area (Å²) in [6.07, 6.45) is 1.80. The molecule has 1 aliphatic heterocycles. The maximum absolute atomic E-state index is 14.5. The highest BCUT2D eigenvalue weighted by Gasteiger charge is 2.36. The molecule has 1 unspecified atom stereocenters. The van der Waals surface area contributed by atoms with E-state index in [4.69, 9.17) is 0 Å². The number of hydrogen-bond donors (Lipinski definition) is 2. The molecule has 1 fully saturated rings. The van der Waals surface area contributed by atoms with Crippen LogP contribution in [0.2, 0.25) is 0 Å². The molecule has 0 aromatic carbocycles. The lowest BCUT2D eigenvalue weighted by Crippen LogP contribution is -2.46. The van der Waals surface area contributed by atoms with E-state index in [-0.39, 0.29) is 18.2 Å². The van der Waals surface area contributed by atoms with E-state index in [1.54, 1.807) is 12.4 Å². The summed E-state index contributed by atoms with van der Waals surface area (Å²) in [7, 11) is 0. The maximum atomic E-state index is 14.5. The maximum Gasteiger partial charge on any atom is 0.405 e. The number of fused-ring (bicyclic) bond motifs is 1. The summed E-state index contributed by atoms with van der Waals surface area (Å²) in [6.45, 7) is -1.16. The standard InChI is InChI=1S/C17H15F4N7O/c18-11-6-24-14(10-5-23-13-9(10)4-22-8-26-13)27-15(11)28-3-1-2-12(28)16(29)25-7-17(19,20)21/h4-6,8,12H,1-3,7H2,(H,25,29)(H,22,23,26). The Labute approximate surface area is 161 Å². The summed E-state index contributed by atoms with van der Waals surface area (Å²) in [5.41, 5.74) is 1.09. The normalized spacial score (nSPS) is 17.1. The third-order valence-electron chi connectivity index (χ3n) is 4.61. The highest BCUT2D eigenvalue weighted by atomic mass is 19.4. The molecule has 12 heteroatoms. The average molecular weight is 409 g/mol. The fraction of sp³-hybridized carbons (Fsp3) is 0.353. The van der Waals surface area contributed by atoms with Crippen molar-refractivity contribution in [3.05, 3.63) is 30.7 Å². The number of anilines is 1. The second kappa shape index (κ2) is 7.26. The van der Waals surface area contributed by atoms with E-state index >= 15 is 0 Å². The van der Waals surface area contributed by atoms with Crippen LogP contribution in [0.25, 0.3) is 22.4 Å². The van der Waals surface area contributed by atoms with Gasteiger partial charge in [0.15, 0.2) is 17.5 Å². The van der Waals surface area contributed by atoms with E-state index in [1.807, 2.05) is 5.32 Å². The number of aromatic amines is 1. The van der Waals surface area contributed by atoms with E-state index in [9.17, 15) is 22.4 Å². The number of carbonyl (C=O) groups excluding carboxylic acids is 1. The minimum atomic E-state index is -4.52. The van der Waals surface area contributed by atoms with Gasteiger partial charge in [0.1, 0.15) is 24.6 Å². The van der Waals surface area contributed by atoms with Crippen LogP contribution in [-0.4, -0.2) is 56.1 Å². The number of H-pyrrole nitrogens is 1. The van der Waals surface area contributed by atoms with E-state index in [2.05, 4.69) is 24.9 Å². The first-order chi connectivity index (χ1) is 13.8. The molecule has 3 aromatic heterocycles. The van der Waals surface area contributed by atoms with Crippen molar-refractivity contribution in [1.82, 2.24) is 30.2 Å². The van der Waals surface area contributed by atoms with Gasteiger partial charge in [-0.25, -0.2) is 24.3 Å². The van der Waals surface area contributed by atoms with Crippen LogP contribution in [0.5, 0.6) is 0 Å². The van der Waals surface area contributed by atoms with Crippen molar-refractivity contribution < 1.29 is 22.4 Å².